The summed E-state index contributed by atoms with van der Waals surface area (Å²) in [5, 5.41) is 16.2. The first-order valence-corrected chi connectivity index (χ1v) is 8.01. The Kier molecular flexibility index (Phi) is 5.63. The number of rotatable bonds is 6. The molecular weight excluding hydrogens is 374 g/mol. The Morgan fingerprint density at radius 1 is 1.07 bits per heavy atom. The summed E-state index contributed by atoms with van der Waals surface area (Å²) in [6.45, 7) is -0.0505. The molecule has 0 atom stereocenters. The second kappa shape index (κ2) is 8.29. The van der Waals surface area contributed by atoms with E-state index in [4.69, 9.17) is 9.47 Å². The molecule has 2 N–H and O–H groups in total. The molecule has 3 aromatic rings. The van der Waals surface area contributed by atoms with E-state index in [2.05, 4.69) is 26.2 Å². The number of amides is 2. The van der Waals surface area contributed by atoms with Crippen molar-refractivity contribution in [2.24, 2.45) is 0 Å². The third kappa shape index (κ3) is 4.14. The zero-order valence-corrected chi connectivity index (χ0v) is 14.9. The molecule has 28 heavy (non-hydrogen) atoms. The monoisotopic (exact) mass is 390 g/mol. The molecule has 0 unspecified atom stereocenters. The SMILES string of the molecule is COc1ccc(NC(=O)NCc2nnnn2-c2ccc(F)c(F)c2)cc1OC. The van der Waals surface area contributed by atoms with E-state index in [1.54, 1.807) is 18.2 Å². The molecule has 2 aromatic carbocycles. The molecule has 2 amide bonds. The minimum Gasteiger partial charge on any atom is -0.493 e. The van der Waals surface area contributed by atoms with Crippen LogP contribution in [0.4, 0.5) is 19.3 Å². The molecule has 146 valence electrons. The Morgan fingerprint density at radius 2 is 1.86 bits per heavy atom. The quantitative estimate of drug-likeness (QED) is 0.669. The van der Waals surface area contributed by atoms with Gasteiger partial charge in [0.05, 0.1) is 26.5 Å². The molecular formula is C17H16F2N6O3. The number of carbonyl (C=O) groups is 1. The Balaban J connectivity index is 1.66. The van der Waals surface area contributed by atoms with E-state index in [1.165, 1.54) is 25.0 Å². The average Bonchev–Trinajstić information content (AvgIpc) is 3.17. The van der Waals surface area contributed by atoms with Gasteiger partial charge in [0, 0.05) is 17.8 Å². The Hall–Kier alpha value is -3.76. The van der Waals surface area contributed by atoms with Crippen LogP contribution in [-0.2, 0) is 6.54 Å². The summed E-state index contributed by atoms with van der Waals surface area (Å²) >= 11 is 0. The zero-order valence-electron chi connectivity index (χ0n) is 14.9. The predicted molar refractivity (Wildman–Crippen MR) is 94.5 cm³/mol. The summed E-state index contributed by atoms with van der Waals surface area (Å²) in [7, 11) is 2.99. The highest BCUT2D eigenvalue weighted by molar-refractivity contribution is 5.89. The number of carbonyl (C=O) groups excluding carboxylic acids is 1. The number of aromatic nitrogens is 4. The molecule has 0 spiro atoms. The molecule has 3 rings (SSSR count). The molecule has 0 fully saturated rings. The van der Waals surface area contributed by atoms with Crippen LogP contribution in [0, 0.1) is 11.6 Å². The number of ether oxygens (including phenoxy) is 2. The van der Waals surface area contributed by atoms with Crippen LogP contribution in [0.5, 0.6) is 11.5 Å². The molecule has 0 aliphatic rings. The van der Waals surface area contributed by atoms with Crippen LogP contribution in [0.3, 0.4) is 0 Å². The number of hydrogen-bond acceptors (Lipinski definition) is 6. The maximum atomic E-state index is 13.4. The smallest absolute Gasteiger partial charge is 0.319 e. The van der Waals surface area contributed by atoms with Gasteiger partial charge in [-0.25, -0.2) is 13.6 Å². The van der Waals surface area contributed by atoms with Gasteiger partial charge in [0.15, 0.2) is 29.0 Å². The number of anilines is 1. The number of halogens is 2. The van der Waals surface area contributed by atoms with Crippen LogP contribution < -0.4 is 20.1 Å². The van der Waals surface area contributed by atoms with E-state index in [9.17, 15) is 13.6 Å². The summed E-state index contributed by atoms with van der Waals surface area (Å²) in [6, 6.07) is 7.62. The van der Waals surface area contributed by atoms with Crippen molar-refractivity contribution >= 4 is 11.7 Å². The molecule has 9 nitrogen and oxygen atoms in total. The van der Waals surface area contributed by atoms with E-state index >= 15 is 0 Å². The Bertz CT molecular complexity index is 995. The molecule has 0 bridgehead atoms. The second-order valence-corrected chi connectivity index (χ2v) is 5.48. The van der Waals surface area contributed by atoms with Crippen molar-refractivity contribution < 1.29 is 23.0 Å². The van der Waals surface area contributed by atoms with Crippen LogP contribution in [0.25, 0.3) is 5.69 Å². The number of urea groups is 1. The summed E-state index contributed by atoms with van der Waals surface area (Å²) in [4.78, 5) is 12.1. The molecule has 0 aliphatic carbocycles. The fourth-order valence-corrected chi connectivity index (χ4v) is 2.38. The lowest BCUT2D eigenvalue weighted by Gasteiger charge is -2.11. The van der Waals surface area contributed by atoms with Crippen LogP contribution in [0.15, 0.2) is 36.4 Å². The maximum Gasteiger partial charge on any atom is 0.319 e. The van der Waals surface area contributed by atoms with E-state index in [1.807, 2.05) is 0 Å². The average molecular weight is 390 g/mol. The van der Waals surface area contributed by atoms with E-state index in [0.717, 1.165) is 12.1 Å². The van der Waals surface area contributed by atoms with Gasteiger partial charge in [0.2, 0.25) is 0 Å². The summed E-state index contributed by atoms with van der Waals surface area (Å²) < 4.78 is 38.0. The first-order chi connectivity index (χ1) is 13.5. The van der Waals surface area contributed by atoms with Crippen LogP contribution in [-0.4, -0.2) is 40.5 Å². The number of benzene rings is 2. The van der Waals surface area contributed by atoms with Crippen LogP contribution in [0.2, 0.25) is 0 Å². The second-order valence-electron chi connectivity index (χ2n) is 5.48. The van der Waals surface area contributed by atoms with Gasteiger partial charge in [0.25, 0.3) is 0 Å². The summed E-state index contributed by atoms with van der Waals surface area (Å²) in [5.41, 5.74) is 0.705. The van der Waals surface area contributed by atoms with Gasteiger partial charge in [-0.2, -0.15) is 4.68 Å². The topological polar surface area (TPSA) is 103 Å². The van der Waals surface area contributed by atoms with Gasteiger partial charge in [-0.05, 0) is 34.7 Å². The highest BCUT2D eigenvalue weighted by Crippen LogP contribution is 2.29. The van der Waals surface area contributed by atoms with Crippen molar-refractivity contribution in [3.8, 4) is 17.2 Å². The highest BCUT2D eigenvalue weighted by atomic mass is 19.2. The molecule has 0 aliphatic heterocycles. The van der Waals surface area contributed by atoms with Gasteiger partial charge in [-0.15, -0.1) is 5.10 Å². The van der Waals surface area contributed by atoms with Crippen molar-refractivity contribution in [2.75, 3.05) is 19.5 Å². The molecule has 0 radical (unpaired) electrons. The molecule has 1 heterocycles. The third-order valence-corrected chi connectivity index (χ3v) is 3.73. The van der Waals surface area contributed by atoms with Gasteiger partial charge in [-0.1, -0.05) is 0 Å². The third-order valence-electron chi connectivity index (χ3n) is 3.73. The summed E-state index contributed by atoms with van der Waals surface area (Å²) in [5.74, 6) is -0.792. The number of nitrogens with zero attached hydrogens (tertiary/aromatic N) is 4. The molecule has 1 aromatic heterocycles. The lowest BCUT2D eigenvalue weighted by atomic mass is 10.3. The van der Waals surface area contributed by atoms with Crippen LogP contribution >= 0.6 is 0 Å². The van der Waals surface area contributed by atoms with E-state index < -0.39 is 17.7 Å². The highest BCUT2D eigenvalue weighted by Gasteiger charge is 2.13. The van der Waals surface area contributed by atoms with Crippen LogP contribution in [0.1, 0.15) is 5.82 Å². The lowest BCUT2D eigenvalue weighted by molar-refractivity contribution is 0.251. The van der Waals surface area contributed by atoms with Crippen molar-refractivity contribution in [3.05, 3.63) is 53.9 Å². The number of nitrogens with one attached hydrogen (secondary N) is 2. The minimum absolute atomic E-state index is 0.0505. The first-order valence-electron chi connectivity index (χ1n) is 8.01. The fraction of sp³-hybridized carbons (Fsp3) is 0.176. The normalized spacial score (nSPS) is 10.4. The van der Waals surface area contributed by atoms with E-state index in [-0.39, 0.29) is 18.1 Å². The summed E-state index contributed by atoms with van der Waals surface area (Å²) in [6.07, 6.45) is 0. The van der Waals surface area contributed by atoms with Crippen molar-refractivity contribution in [1.82, 2.24) is 25.5 Å². The van der Waals surface area contributed by atoms with Gasteiger partial charge in [0.1, 0.15) is 0 Å². The molecule has 0 saturated heterocycles. The maximum absolute atomic E-state index is 13.4. The van der Waals surface area contributed by atoms with Crippen molar-refractivity contribution in [2.45, 2.75) is 6.54 Å². The lowest BCUT2D eigenvalue weighted by Crippen LogP contribution is -2.29. The first kappa shape index (κ1) is 19.0. The number of methoxy groups -OCH3 is 2. The predicted octanol–water partition coefficient (Wildman–Crippen LogP) is 2.28. The number of hydrogen-bond donors (Lipinski definition) is 2. The molecule has 11 heteroatoms. The van der Waals surface area contributed by atoms with E-state index in [0.29, 0.717) is 17.2 Å². The van der Waals surface area contributed by atoms with Crippen molar-refractivity contribution in [1.29, 1.82) is 0 Å². The Morgan fingerprint density at radius 3 is 2.57 bits per heavy atom. The largest absolute Gasteiger partial charge is 0.493 e. The molecule has 0 saturated carbocycles. The fourth-order valence-electron chi connectivity index (χ4n) is 2.38. The standard InChI is InChI=1S/C17H16F2N6O3/c1-27-14-6-3-10(7-15(14)28-2)21-17(26)20-9-16-22-23-24-25(16)11-4-5-12(18)13(19)8-11/h3-8H,9H2,1-2H3,(H2,20,21,26). The minimum atomic E-state index is -1.03. The van der Waals surface area contributed by atoms with Gasteiger partial charge in [-0.3, -0.25) is 0 Å². The Labute approximate surface area is 158 Å². The van der Waals surface area contributed by atoms with Crippen molar-refractivity contribution in [3.63, 3.8) is 0 Å². The number of tetrazole rings is 1. The zero-order chi connectivity index (χ0) is 20.1. The van der Waals surface area contributed by atoms with Gasteiger partial charge >= 0.3 is 6.03 Å². The van der Waals surface area contributed by atoms with Gasteiger partial charge < -0.3 is 20.1 Å².